The van der Waals surface area contributed by atoms with Gasteiger partial charge in [0.2, 0.25) is 10.0 Å². The number of hydrogen-bond acceptors (Lipinski definition) is 2. The molecule has 1 heterocycles. The van der Waals surface area contributed by atoms with Gasteiger partial charge in [-0.1, -0.05) is 31.0 Å². The zero-order chi connectivity index (χ0) is 15.2. The Bertz CT molecular complexity index is 614. The minimum atomic E-state index is -3.41. The molecule has 5 heteroatoms. The van der Waals surface area contributed by atoms with Crippen molar-refractivity contribution in [1.82, 2.24) is 4.31 Å². The maximum absolute atomic E-state index is 12.9. The summed E-state index contributed by atoms with van der Waals surface area (Å²) < 4.78 is 27.6. The highest BCUT2D eigenvalue weighted by molar-refractivity contribution is 7.89. The van der Waals surface area contributed by atoms with Crippen molar-refractivity contribution in [1.29, 1.82) is 0 Å². The second-order valence-corrected chi connectivity index (χ2v) is 8.91. The summed E-state index contributed by atoms with van der Waals surface area (Å²) in [6.07, 6.45) is 2.96. The molecule has 116 valence electrons. The van der Waals surface area contributed by atoms with E-state index in [1.807, 2.05) is 19.1 Å². The van der Waals surface area contributed by atoms with Crippen molar-refractivity contribution in [3.05, 3.63) is 29.8 Å². The first-order chi connectivity index (χ1) is 9.91. The number of rotatable bonds is 2. The predicted octanol–water partition coefficient (Wildman–Crippen LogP) is 3.41. The Hall–Kier alpha value is -0.580. The highest BCUT2D eigenvalue weighted by Crippen LogP contribution is 2.44. The van der Waals surface area contributed by atoms with E-state index >= 15 is 0 Å². The molecular formula is C16H22ClNO2S. The molecule has 0 N–H and O–H groups in total. The maximum Gasteiger partial charge on any atom is 0.243 e. The average molecular weight is 328 g/mol. The number of nitrogens with zero attached hydrogens (tertiary/aromatic N) is 1. The lowest BCUT2D eigenvalue weighted by Gasteiger charge is -2.34. The van der Waals surface area contributed by atoms with Gasteiger partial charge < -0.3 is 0 Å². The van der Waals surface area contributed by atoms with Crippen LogP contribution in [0, 0.1) is 18.8 Å². The molecule has 1 aromatic rings. The molecule has 21 heavy (non-hydrogen) atoms. The zero-order valence-electron chi connectivity index (χ0n) is 12.5. The number of sulfonamides is 1. The van der Waals surface area contributed by atoms with Crippen LogP contribution in [-0.2, 0) is 10.0 Å². The second kappa shape index (κ2) is 5.56. The van der Waals surface area contributed by atoms with Gasteiger partial charge >= 0.3 is 0 Å². The molecule has 0 unspecified atom stereocenters. The highest BCUT2D eigenvalue weighted by Gasteiger charge is 2.49. The fourth-order valence-electron chi connectivity index (χ4n) is 3.88. The van der Waals surface area contributed by atoms with Gasteiger partial charge in [-0.15, -0.1) is 11.6 Å². The molecule has 3 nitrogen and oxygen atoms in total. The Morgan fingerprint density at radius 3 is 2.52 bits per heavy atom. The van der Waals surface area contributed by atoms with E-state index in [0.29, 0.717) is 23.3 Å². The number of aryl methyl sites for hydroxylation is 1. The molecule has 0 aromatic heterocycles. The number of alkyl halides is 1. The molecule has 0 amide bonds. The summed E-state index contributed by atoms with van der Waals surface area (Å²) >= 11 is 6.47. The van der Waals surface area contributed by atoms with Gasteiger partial charge in [-0.05, 0) is 43.7 Å². The van der Waals surface area contributed by atoms with Gasteiger partial charge in [0.15, 0.2) is 0 Å². The van der Waals surface area contributed by atoms with E-state index in [0.717, 1.165) is 24.8 Å². The maximum atomic E-state index is 12.9. The SMILES string of the molecule is Cc1ccc(S(=O)(=O)N2C[C@@H](C)[C@H]3[C@H](Cl)CCC[C@H]32)cc1. The molecule has 1 aliphatic heterocycles. The van der Waals surface area contributed by atoms with Crippen molar-refractivity contribution < 1.29 is 8.42 Å². The summed E-state index contributed by atoms with van der Waals surface area (Å²) in [5, 5.41) is 0.108. The zero-order valence-corrected chi connectivity index (χ0v) is 14.1. The van der Waals surface area contributed by atoms with Gasteiger partial charge in [0.1, 0.15) is 0 Å². The molecule has 0 radical (unpaired) electrons. The van der Waals surface area contributed by atoms with Gasteiger partial charge in [-0.25, -0.2) is 8.42 Å². The van der Waals surface area contributed by atoms with Crippen molar-refractivity contribution in [2.45, 2.75) is 49.4 Å². The van der Waals surface area contributed by atoms with Crippen LogP contribution < -0.4 is 0 Å². The van der Waals surface area contributed by atoms with Crippen molar-refractivity contribution in [2.24, 2.45) is 11.8 Å². The Labute approximate surface area is 132 Å². The molecule has 2 fully saturated rings. The summed E-state index contributed by atoms with van der Waals surface area (Å²) in [4.78, 5) is 0.401. The number of benzene rings is 1. The highest BCUT2D eigenvalue weighted by atomic mass is 35.5. The third-order valence-corrected chi connectivity index (χ3v) is 7.38. The standard InChI is InChI=1S/C16H22ClNO2S/c1-11-6-8-13(9-7-11)21(19,20)18-10-12(2)16-14(17)4-3-5-15(16)18/h6-9,12,14-16H,3-5,10H2,1-2H3/t12-,14-,15-,16+/m1/s1. The normalized spacial score (nSPS) is 33.9. The lowest BCUT2D eigenvalue weighted by molar-refractivity contribution is 0.249. The van der Waals surface area contributed by atoms with Crippen molar-refractivity contribution in [2.75, 3.05) is 6.54 Å². The Morgan fingerprint density at radius 2 is 1.86 bits per heavy atom. The second-order valence-electron chi connectivity index (χ2n) is 6.46. The van der Waals surface area contributed by atoms with Gasteiger partial charge in [0, 0.05) is 18.0 Å². The first kappa shape index (κ1) is 15.3. The summed E-state index contributed by atoms with van der Waals surface area (Å²) in [5.74, 6) is 0.624. The van der Waals surface area contributed by atoms with Gasteiger partial charge in [-0.3, -0.25) is 0 Å². The van der Waals surface area contributed by atoms with E-state index < -0.39 is 10.0 Å². The van der Waals surface area contributed by atoms with E-state index in [9.17, 15) is 8.42 Å². The summed E-state index contributed by atoms with van der Waals surface area (Å²) in [6.45, 7) is 4.68. The molecular weight excluding hydrogens is 306 g/mol. The van der Waals surface area contributed by atoms with Crippen LogP contribution >= 0.6 is 11.6 Å². The molecule has 1 aromatic carbocycles. The first-order valence-electron chi connectivity index (χ1n) is 7.64. The Morgan fingerprint density at radius 1 is 1.19 bits per heavy atom. The number of fused-ring (bicyclic) bond motifs is 1. The topological polar surface area (TPSA) is 37.4 Å². The minimum Gasteiger partial charge on any atom is -0.207 e. The lowest BCUT2D eigenvalue weighted by Crippen LogP contribution is -2.42. The molecule has 0 bridgehead atoms. The van der Waals surface area contributed by atoms with E-state index in [2.05, 4.69) is 6.92 Å². The van der Waals surface area contributed by atoms with Crippen LogP contribution in [0.2, 0.25) is 0 Å². The third-order valence-electron chi connectivity index (χ3n) is 4.96. The Kier molecular flexibility index (Phi) is 4.06. The quantitative estimate of drug-likeness (QED) is 0.781. The van der Waals surface area contributed by atoms with E-state index in [-0.39, 0.29) is 11.4 Å². The van der Waals surface area contributed by atoms with E-state index in [1.54, 1.807) is 16.4 Å². The molecule has 1 saturated carbocycles. The molecule has 3 rings (SSSR count). The fourth-order valence-corrected chi connectivity index (χ4v) is 6.24. The predicted molar refractivity (Wildman–Crippen MR) is 85.0 cm³/mol. The van der Waals surface area contributed by atoms with Gasteiger partial charge in [-0.2, -0.15) is 4.31 Å². The third kappa shape index (κ3) is 2.62. The van der Waals surface area contributed by atoms with Crippen molar-refractivity contribution in [3.63, 3.8) is 0 Å². The monoisotopic (exact) mass is 327 g/mol. The molecule has 0 spiro atoms. The van der Waals surface area contributed by atoms with Crippen molar-refractivity contribution in [3.8, 4) is 0 Å². The van der Waals surface area contributed by atoms with Crippen LogP contribution in [0.5, 0.6) is 0 Å². The van der Waals surface area contributed by atoms with Crippen LogP contribution in [0.1, 0.15) is 31.7 Å². The van der Waals surface area contributed by atoms with Gasteiger partial charge in [0.25, 0.3) is 0 Å². The van der Waals surface area contributed by atoms with E-state index in [1.165, 1.54) is 0 Å². The largest absolute Gasteiger partial charge is 0.243 e. The average Bonchev–Trinajstić information content (AvgIpc) is 2.79. The summed E-state index contributed by atoms with van der Waals surface area (Å²) in [7, 11) is -3.41. The summed E-state index contributed by atoms with van der Waals surface area (Å²) in [6, 6.07) is 7.21. The minimum absolute atomic E-state index is 0.0718. The van der Waals surface area contributed by atoms with Gasteiger partial charge in [0.05, 0.1) is 4.90 Å². The Balaban J connectivity index is 1.94. The van der Waals surface area contributed by atoms with Crippen LogP contribution in [-0.4, -0.2) is 30.7 Å². The first-order valence-corrected chi connectivity index (χ1v) is 9.51. The molecule has 4 atom stereocenters. The lowest BCUT2D eigenvalue weighted by atomic mass is 9.80. The molecule has 2 aliphatic rings. The fraction of sp³-hybridized carbons (Fsp3) is 0.625. The van der Waals surface area contributed by atoms with Crippen LogP contribution in [0.25, 0.3) is 0 Å². The van der Waals surface area contributed by atoms with Crippen molar-refractivity contribution >= 4 is 21.6 Å². The molecule has 1 aliphatic carbocycles. The summed E-state index contributed by atoms with van der Waals surface area (Å²) in [5.41, 5.74) is 1.07. The molecule has 1 saturated heterocycles. The van der Waals surface area contributed by atoms with E-state index in [4.69, 9.17) is 11.6 Å². The number of halogens is 1. The van der Waals surface area contributed by atoms with Crippen LogP contribution in [0.3, 0.4) is 0 Å². The van der Waals surface area contributed by atoms with Crippen LogP contribution in [0.4, 0.5) is 0 Å². The number of hydrogen-bond donors (Lipinski definition) is 0. The van der Waals surface area contributed by atoms with Crippen LogP contribution in [0.15, 0.2) is 29.2 Å². The smallest absolute Gasteiger partial charge is 0.207 e.